The third kappa shape index (κ3) is 5.25. The number of nitrogens with one attached hydrogen (secondary N) is 1. The average molecular weight is 538 g/mol. The zero-order valence-electron chi connectivity index (χ0n) is 19.5. The fraction of sp³-hybridized carbons (Fsp3) is 0.111. The van der Waals surface area contributed by atoms with Crippen LogP contribution in [0.3, 0.4) is 0 Å². The predicted molar refractivity (Wildman–Crippen MR) is 134 cm³/mol. The number of carbonyl (C=O) groups excluding carboxylic acids is 1. The number of nitrogens with zero attached hydrogens (tertiary/aromatic N) is 2. The fourth-order valence-corrected chi connectivity index (χ4v) is 4.16. The van der Waals surface area contributed by atoms with E-state index in [1.807, 2.05) is 0 Å². The van der Waals surface area contributed by atoms with Crippen LogP contribution >= 0.6 is 11.6 Å². The Kier molecular flexibility index (Phi) is 6.89. The van der Waals surface area contributed by atoms with Gasteiger partial charge >= 0.3 is 5.97 Å². The van der Waals surface area contributed by atoms with Gasteiger partial charge in [-0.2, -0.15) is 0 Å². The summed E-state index contributed by atoms with van der Waals surface area (Å²) in [6.07, 6.45) is 0.352. The second-order valence-electron chi connectivity index (χ2n) is 8.36. The van der Waals surface area contributed by atoms with Crippen molar-refractivity contribution >= 4 is 29.3 Å². The number of carboxylic acids is 1. The average Bonchev–Trinajstić information content (AvgIpc) is 2.90. The Morgan fingerprint density at radius 2 is 1.82 bits per heavy atom. The van der Waals surface area contributed by atoms with Crippen LogP contribution in [0.2, 0.25) is 5.02 Å². The summed E-state index contributed by atoms with van der Waals surface area (Å²) in [5.74, 6) is -2.38. The van der Waals surface area contributed by atoms with Crippen LogP contribution in [0.4, 0.5) is 14.6 Å². The summed E-state index contributed by atoms with van der Waals surface area (Å²) in [7, 11) is 0. The summed E-state index contributed by atoms with van der Waals surface area (Å²) in [6, 6.07) is 15.3. The van der Waals surface area contributed by atoms with Crippen molar-refractivity contribution in [3.05, 3.63) is 94.5 Å². The van der Waals surface area contributed by atoms with Crippen molar-refractivity contribution < 1.29 is 33.0 Å². The number of amides is 1. The number of hydrogen-bond donors (Lipinski definition) is 2. The third-order valence-electron chi connectivity index (χ3n) is 5.86. The Morgan fingerprint density at radius 1 is 1.03 bits per heavy atom. The fourth-order valence-electron chi connectivity index (χ4n) is 3.95. The number of benzene rings is 3. The molecule has 192 valence electrons. The first kappa shape index (κ1) is 25.1. The summed E-state index contributed by atoms with van der Waals surface area (Å²) in [5.41, 5.74) is 1.07. The van der Waals surface area contributed by atoms with Crippen molar-refractivity contribution in [2.24, 2.45) is 0 Å². The molecule has 0 saturated carbocycles. The quantitative estimate of drug-likeness (QED) is 0.307. The Hall–Kier alpha value is -4.57. The zero-order chi connectivity index (χ0) is 26.8. The second-order valence-corrected chi connectivity index (χ2v) is 8.76. The first-order chi connectivity index (χ1) is 18.3. The van der Waals surface area contributed by atoms with Gasteiger partial charge in [-0.25, -0.2) is 8.78 Å². The Balaban J connectivity index is 1.25. The number of aromatic nitrogens is 2. The van der Waals surface area contributed by atoms with Gasteiger partial charge in [0.25, 0.3) is 5.91 Å². The minimum absolute atomic E-state index is 0.0830. The largest absolute Gasteiger partial charge is 0.493 e. The van der Waals surface area contributed by atoms with Gasteiger partial charge in [-0.15, -0.1) is 10.2 Å². The van der Waals surface area contributed by atoms with Crippen LogP contribution in [0, 0.1) is 11.6 Å². The van der Waals surface area contributed by atoms with Gasteiger partial charge in [0.05, 0.1) is 23.2 Å². The van der Waals surface area contributed by atoms with E-state index in [-0.39, 0.29) is 34.5 Å². The molecule has 0 saturated heterocycles. The van der Waals surface area contributed by atoms with Gasteiger partial charge in [-0.05, 0) is 61.0 Å². The Labute approximate surface area is 219 Å². The minimum Gasteiger partial charge on any atom is -0.493 e. The monoisotopic (exact) mass is 537 g/mol. The molecule has 2 heterocycles. The highest BCUT2D eigenvalue weighted by Gasteiger charge is 2.29. The topological polar surface area (TPSA) is 111 Å². The SMILES string of the molecule is O=C(Nc1ccc(-c2ccc(F)cc2F)nn1)c1ccc(Oc2cc3c(cc2Cl)C(C(=O)O)CCO3)cc1. The highest BCUT2D eigenvalue weighted by Crippen LogP contribution is 2.41. The Morgan fingerprint density at radius 3 is 2.50 bits per heavy atom. The number of aliphatic carboxylic acids is 1. The molecule has 38 heavy (non-hydrogen) atoms. The molecule has 1 amide bonds. The molecule has 0 aliphatic carbocycles. The molecular weight excluding hydrogens is 520 g/mol. The van der Waals surface area contributed by atoms with Crippen molar-refractivity contribution in [2.45, 2.75) is 12.3 Å². The molecule has 1 aliphatic heterocycles. The van der Waals surface area contributed by atoms with E-state index in [9.17, 15) is 23.5 Å². The van der Waals surface area contributed by atoms with E-state index in [4.69, 9.17) is 21.1 Å². The van der Waals surface area contributed by atoms with Crippen molar-refractivity contribution in [1.29, 1.82) is 0 Å². The van der Waals surface area contributed by atoms with Gasteiger partial charge in [-0.3, -0.25) is 9.59 Å². The van der Waals surface area contributed by atoms with Crippen LogP contribution in [-0.4, -0.2) is 33.8 Å². The molecule has 1 aromatic heterocycles. The highest BCUT2D eigenvalue weighted by molar-refractivity contribution is 6.32. The van der Waals surface area contributed by atoms with Crippen LogP contribution in [0.5, 0.6) is 17.2 Å². The molecule has 4 aromatic rings. The van der Waals surface area contributed by atoms with E-state index < -0.39 is 29.4 Å². The maximum Gasteiger partial charge on any atom is 0.311 e. The molecule has 11 heteroatoms. The predicted octanol–water partition coefficient (Wildman–Crippen LogP) is 6.07. The maximum absolute atomic E-state index is 14.0. The third-order valence-corrected chi connectivity index (χ3v) is 6.15. The molecule has 0 spiro atoms. The molecule has 1 aliphatic rings. The molecule has 3 aromatic carbocycles. The molecule has 0 radical (unpaired) electrons. The van der Waals surface area contributed by atoms with Gasteiger partial charge < -0.3 is 19.9 Å². The standard InChI is InChI=1S/C27H18ClF2N3O5/c28-20-12-19-17(27(35)36)9-10-37-23(19)13-24(20)38-16-4-1-14(2-5-16)26(34)31-25-8-7-22(32-33-25)18-6-3-15(29)11-21(18)30/h1-8,11-13,17H,9-10H2,(H,35,36)(H,31,33,34). The number of ether oxygens (including phenoxy) is 2. The van der Waals surface area contributed by atoms with Crippen LogP contribution in [-0.2, 0) is 4.79 Å². The molecular formula is C27H18ClF2N3O5. The van der Waals surface area contributed by atoms with E-state index in [0.29, 0.717) is 29.0 Å². The number of carbonyl (C=O) groups is 2. The van der Waals surface area contributed by atoms with Gasteiger partial charge in [0.15, 0.2) is 5.82 Å². The summed E-state index contributed by atoms with van der Waals surface area (Å²) in [5, 5.41) is 20.0. The van der Waals surface area contributed by atoms with Gasteiger partial charge in [-0.1, -0.05) is 11.6 Å². The van der Waals surface area contributed by atoms with E-state index in [1.165, 1.54) is 36.4 Å². The number of hydrogen-bond acceptors (Lipinski definition) is 6. The van der Waals surface area contributed by atoms with Crippen LogP contribution in [0.15, 0.2) is 66.7 Å². The lowest BCUT2D eigenvalue weighted by Crippen LogP contribution is -2.20. The highest BCUT2D eigenvalue weighted by atomic mass is 35.5. The number of halogens is 3. The zero-order valence-corrected chi connectivity index (χ0v) is 20.2. The van der Waals surface area contributed by atoms with Crippen molar-refractivity contribution in [3.8, 4) is 28.5 Å². The number of anilines is 1. The summed E-state index contributed by atoms with van der Waals surface area (Å²) < 4.78 is 38.5. The molecule has 1 atom stereocenters. The Bertz CT molecular complexity index is 1530. The summed E-state index contributed by atoms with van der Waals surface area (Å²) >= 11 is 6.33. The van der Waals surface area contributed by atoms with Gasteiger partial charge in [0.1, 0.15) is 28.9 Å². The van der Waals surface area contributed by atoms with E-state index in [0.717, 1.165) is 12.1 Å². The summed E-state index contributed by atoms with van der Waals surface area (Å²) in [6.45, 7) is 0.269. The lowest BCUT2D eigenvalue weighted by molar-refractivity contribution is -0.139. The lowest BCUT2D eigenvalue weighted by Gasteiger charge is -2.24. The summed E-state index contributed by atoms with van der Waals surface area (Å²) in [4.78, 5) is 24.1. The molecule has 5 rings (SSSR count). The molecule has 2 N–H and O–H groups in total. The molecule has 0 bridgehead atoms. The van der Waals surface area contributed by atoms with Crippen molar-refractivity contribution in [1.82, 2.24) is 10.2 Å². The van der Waals surface area contributed by atoms with E-state index in [2.05, 4.69) is 15.5 Å². The first-order valence-corrected chi connectivity index (χ1v) is 11.7. The van der Waals surface area contributed by atoms with Crippen LogP contribution in [0.25, 0.3) is 11.3 Å². The smallest absolute Gasteiger partial charge is 0.311 e. The first-order valence-electron chi connectivity index (χ1n) is 11.4. The van der Waals surface area contributed by atoms with Gasteiger partial charge in [0, 0.05) is 28.8 Å². The minimum atomic E-state index is -0.947. The van der Waals surface area contributed by atoms with Crippen LogP contribution < -0.4 is 14.8 Å². The lowest BCUT2D eigenvalue weighted by atomic mass is 9.93. The number of fused-ring (bicyclic) bond motifs is 1. The van der Waals surface area contributed by atoms with Gasteiger partial charge in [0.2, 0.25) is 0 Å². The van der Waals surface area contributed by atoms with Crippen molar-refractivity contribution in [2.75, 3.05) is 11.9 Å². The van der Waals surface area contributed by atoms with E-state index in [1.54, 1.807) is 18.2 Å². The molecule has 8 nitrogen and oxygen atoms in total. The van der Waals surface area contributed by atoms with E-state index >= 15 is 0 Å². The molecule has 1 unspecified atom stereocenters. The number of carboxylic acid groups (broad SMARTS) is 1. The molecule has 0 fully saturated rings. The number of rotatable bonds is 6. The maximum atomic E-state index is 14.0. The van der Waals surface area contributed by atoms with Crippen molar-refractivity contribution in [3.63, 3.8) is 0 Å². The normalized spacial score (nSPS) is 14.2. The second kappa shape index (κ2) is 10.4. The van der Waals surface area contributed by atoms with Crippen LogP contribution in [0.1, 0.15) is 28.3 Å².